The first-order valence-electron chi connectivity index (χ1n) is 3.57. The van der Waals surface area contributed by atoms with E-state index in [1.54, 1.807) is 12.3 Å². The second kappa shape index (κ2) is 2.81. The van der Waals surface area contributed by atoms with Crippen LogP contribution in [-0.2, 0) is 4.79 Å². The van der Waals surface area contributed by atoms with Crippen LogP contribution in [0.25, 0.3) is 0 Å². The summed E-state index contributed by atoms with van der Waals surface area (Å²) in [6.45, 7) is 0. The largest absolute Gasteiger partial charge is 0.333 e. The Hall–Kier alpha value is -1.98. The van der Waals surface area contributed by atoms with Gasteiger partial charge in [-0.05, 0) is 6.08 Å². The van der Waals surface area contributed by atoms with Crippen LogP contribution in [-0.4, -0.2) is 23.0 Å². The average molecular weight is 176 g/mol. The first-order chi connectivity index (χ1) is 6.31. The quantitative estimate of drug-likeness (QED) is 0.543. The number of carbonyl (C=O) groups excluding carboxylic acids is 1. The molecule has 0 aromatic heterocycles. The number of carbonyl (C=O) groups is 1. The van der Waals surface area contributed by atoms with E-state index in [0.717, 1.165) is 0 Å². The SMILES string of the molecule is O=NC(=O)C1=NN=C2C=CN=C2C1. The Labute approximate surface area is 72.7 Å². The molecule has 6 nitrogen and oxygen atoms in total. The normalized spacial score (nSPS) is 18.6. The fourth-order valence-electron chi connectivity index (χ4n) is 1.07. The minimum Gasteiger partial charge on any atom is -0.262 e. The molecule has 2 aliphatic rings. The predicted octanol–water partition coefficient (Wildman–Crippen LogP) is 0.448. The molecule has 0 saturated carbocycles. The van der Waals surface area contributed by atoms with E-state index in [-0.39, 0.29) is 12.1 Å². The molecule has 6 heteroatoms. The van der Waals surface area contributed by atoms with Gasteiger partial charge >= 0.3 is 5.91 Å². The van der Waals surface area contributed by atoms with E-state index in [0.29, 0.717) is 11.4 Å². The molecule has 0 N–H and O–H groups in total. The molecule has 0 unspecified atom stereocenters. The summed E-state index contributed by atoms with van der Waals surface area (Å²) >= 11 is 0. The van der Waals surface area contributed by atoms with Crippen molar-refractivity contribution in [1.29, 1.82) is 0 Å². The maximum Gasteiger partial charge on any atom is 0.333 e. The van der Waals surface area contributed by atoms with Crippen molar-refractivity contribution < 1.29 is 4.79 Å². The molecule has 2 heterocycles. The Morgan fingerprint density at radius 2 is 2.31 bits per heavy atom. The second-order valence-corrected chi connectivity index (χ2v) is 2.50. The minimum atomic E-state index is -0.877. The van der Waals surface area contributed by atoms with Crippen molar-refractivity contribution in [3.8, 4) is 0 Å². The van der Waals surface area contributed by atoms with E-state index in [1.807, 2.05) is 0 Å². The van der Waals surface area contributed by atoms with E-state index >= 15 is 0 Å². The van der Waals surface area contributed by atoms with Crippen LogP contribution in [0.3, 0.4) is 0 Å². The molecule has 13 heavy (non-hydrogen) atoms. The topological polar surface area (TPSA) is 83.6 Å². The van der Waals surface area contributed by atoms with Crippen LogP contribution in [0.15, 0.2) is 32.6 Å². The average Bonchev–Trinajstić information content (AvgIpc) is 2.63. The smallest absolute Gasteiger partial charge is 0.262 e. The zero-order valence-corrected chi connectivity index (χ0v) is 6.47. The van der Waals surface area contributed by atoms with Crippen molar-refractivity contribution in [2.75, 3.05) is 0 Å². The third-order valence-corrected chi connectivity index (χ3v) is 1.70. The lowest BCUT2D eigenvalue weighted by Crippen LogP contribution is -2.23. The van der Waals surface area contributed by atoms with Gasteiger partial charge in [0.1, 0.15) is 11.4 Å². The highest BCUT2D eigenvalue weighted by molar-refractivity contribution is 6.56. The van der Waals surface area contributed by atoms with Gasteiger partial charge in [-0.2, -0.15) is 0 Å². The summed E-state index contributed by atoms with van der Waals surface area (Å²) in [5.41, 5.74) is 1.34. The Kier molecular flexibility index (Phi) is 1.66. The fraction of sp³-hybridized carbons (Fsp3) is 0.143. The van der Waals surface area contributed by atoms with Crippen molar-refractivity contribution in [1.82, 2.24) is 0 Å². The molecule has 0 radical (unpaired) electrons. The lowest BCUT2D eigenvalue weighted by atomic mass is 10.1. The van der Waals surface area contributed by atoms with Crippen LogP contribution in [0.5, 0.6) is 0 Å². The van der Waals surface area contributed by atoms with Crippen LogP contribution in [0, 0.1) is 4.91 Å². The predicted molar refractivity (Wildman–Crippen MR) is 46.9 cm³/mol. The van der Waals surface area contributed by atoms with Crippen molar-refractivity contribution >= 4 is 23.0 Å². The number of nitroso groups, excluding NO2 is 1. The monoisotopic (exact) mass is 176 g/mol. The zero-order valence-electron chi connectivity index (χ0n) is 6.47. The molecule has 1 amide bonds. The summed E-state index contributed by atoms with van der Waals surface area (Å²) in [7, 11) is 0. The first kappa shape index (κ1) is 7.66. The van der Waals surface area contributed by atoms with Gasteiger partial charge < -0.3 is 0 Å². The van der Waals surface area contributed by atoms with Crippen molar-refractivity contribution in [3.63, 3.8) is 0 Å². The van der Waals surface area contributed by atoms with Crippen LogP contribution < -0.4 is 0 Å². The van der Waals surface area contributed by atoms with E-state index in [1.165, 1.54) is 0 Å². The lowest BCUT2D eigenvalue weighted by Gasteiger charge is -2.05. The molecule has 2 aliphatic heterocycles. The van der Waals surface area contributed by atoms with Gasteiger partial charge in [-0.15, -0.1) is 15.1 Å². The van der Waals surface area contributed by atoms with Crippen molar-refractivity contribution in [2.45, 2.75) is 6.42 Å². The minimum absolute atomic E-state index is 0.0428. The number of rotatable bonds is 1. The van der Waals surface area contributed by atoms with Crippen molar-refractivity contribution in [3.05, 3.63) is 17.2 Å². The number of fused-ring (bicyclic) bond motifs is 1. The van der Waals surface area contributed by atoms with E-state index in [9.17, 15) is 9.70 Å². The molecule has 0 fully saturated rings. The summed E-state index contributed by atoms with van der Waals surface area (Å²) in [5, 5.41) is 9.54. The molecule has 0 spiro atoms. The summed E-state index contributed by atoms with van der Waals surface area (Å²) in [6, 6.07) is 0. The maximum atomic E-state index is 10.8. The van der Waals surface area contributed by atoms with Gasteiger partial charge in [0, 0.05) is 17.8 Å². The molecule has 0 atom stereocenters. The molecular weight excluding hydrogens is 172 g/mol. The number of hydrogen-bond donors (Lipinski definition) is 0. The molecule has 2 rings (SSSR count). The van der Waals surface area contributed by atoms with Crippen LogP contribution in [0.4, 0.5) is 0 Å². The van der Waals surface area contributed by atoms with Crippen LogP contribution >= 0.6 is 0 Å². The highest BCUT2D eigenvalue weighted by atomic mass is 16.3. The zero-order chi connectivity index (χ0) is 9.26. The molecule has 64 valence electrons. The van der Waals surface area contributed by atoms with Crippen LogP contribution in [0.1, 0.15) is 6.42 Å². The molecule has 0 bridgehead atoms. The van der Waals surface area contributed by atoms with Gasteiger partial charge in [0.05, 0.1) is 5.71 Å². The number of amides is 1. The van der Waals surface area contributed by atoms with Gasteiger partial charge in [0.2, 0.25) is 0 Å². The standard InChI is InChI=1S/C7H4N4O2/c12-7(11-13)6-3-5-4(9-10-6)1-2-8-5/h1-2H,3H2. The highest BCUT2D eigenvalue weighted by Crippen LogP contribution is 2.09. The van der Waals surface area contributed by atoms with Gasteiger partial charge in [-0.25, -0.2) is 0 Å². The first-order valence-corrected chi connectivity index (χ1v) is 3.57. The maximum absolute atomic E-state index is 10.8. The molecule has 0 saturated heterocycles. The summed E-state index contributed by atoms with van der Waals surface area (Å²) in [5.74, 6) is -0.877. The lowest BCUT2D eigenvalue weighted by molar-refractivity contribution is -0.112. The molecule has 0 aliphatic carbocycles. The van der Waals surface area contributed by atoms with E-state index in [4.69, 9.17) is 0 Å². The highest BCUT2D eigenvalue weighted by Gasteiger charge is 2.22. The van der Waals surface area contributed by atoms with E-state index < -0.39 is 5.91 Å². The number of aliphatic imine (C=N–C) groups is 1. The Bertz CT molecular complexity index is 403. The van der Waals surface area contributed by atoms with Gasteiger partial charge in [0.15, 0.2) is 0 Å². The van der Waals surface area contributed by atoms with Gasteiger partial charge in [-0.3, -0.25) is 9.79 Å². The van der Waals surface area contributed by atoms with Crippen molar-refractivity contribution in [2.24, 2.45) is 20.4 Å². The second-order valence-electron chi connectivity index (χ2n) is 2.50. The van der Waals surface area contributed by atoms with E-state index in [2.05, 4.69) is 20.4 Å². The Balaban J connectivity index is 2.30. The summed E-state index contributed by atoms with van der Waals surface area (Å²) < 4.78 is 0. The van der Waals surface area contributed by atoms with Crippen LogP contribution in [0.2, 0.25) is 0 Å². The third-order valence-electron chi connectivity index (χ3n) is 1.70. The number of allylic oxidation sites excluding steroid dienone is 1. The number of hydrogen-bond acceptors (Lipinski definition) is 5. The summed E-state index contributed by atoms with van der Waals surface area (Å²) in [4.78, 5) is 24.7. The molecular formula is C7H4N4O2. The third kappa shape index (κ3) is 1.22. The summed E-state index contributed by atoms with van der Waals surface area (Å²) in [6.07, 6.45) is 3.50. The van der Waals surface area contributed by atoms with Gasteiger partial charge in [-0.1, -0.05) is 0 Å². The number of nitrogens with zero attached hydrogens (tertiary/aromatic N) is 4. The fourth-order valence-corrected chi connectivity index (χ4v) is 1.07. The Morgan fingerprint density at radius 1 is 1.46 bits per heavy atom. The Morgan fingerprint density at radius 3 is 3.08 bits per heavy atom. The van der Waals surface area contributed by atoms with Gasteiger partial charge in [0.25, 0.3) is 0 Å². The molecule has 0 aromatic rings. The molecule has 0 aromatic carbocycles.